The number of nitriles is 1. The first-order valence-electron chi connectivity index (χ1n) is 7.97. The van der Waals surface area contributed by atoms with Crippen LogP contribution in [-0.4, -0.2) is 25.0 Å². The number of hydrogen-bond acceptors (Lipinski definition) is 5. The SMILES string of the molecule is Cc1cccc(OCCC(=O)NNC(=O)COc2ccccc2C#N)c1. The third kappa shape index (κ3) is 6.17. The second-order valence-electron chi connectivity index (χ2n) is 5.41. The number of hydrogen-bond donors (Lipinski definition) is 2. The van der Waals surface area contributed by atoms with E-state index in [1.165, 1.54) is 0 Å². The number of rotatable bonds is 7. The zero-order chi connectivity index (χ0) is 18.8. The van der Waals surface area contributed by atoms with Gasteiger partial charge in [-0.1, -0.05) is 24.3 Å². The molecule has 7 heteroatoms. The smallest absolute Gasteiger partial charge is 0.276 e. The summed E-state index contributed by atoms with van der Waals surface area (Å²) in [6.07, 6.45) is 0.0896. The zero-order valence-electron chi connectivity index (χ0n) is 14.3. The van der Waals surface area contributed by atoms with Crippen LogP contribution in [0.4, 0.5) is 0 Å². The maximum Gasteiger partial charge on any atom is 0.276 e. The summed E-state index contributed by atoms with van der Waals surface area (Å²) >= 11 is 0. The molecule has 2 rings (SSSR count). The van der Waals surface area contributed by atoms with E-state index < -0.39 is 5.91 Å². The predicted molar refractivity (Wildman–Crippen MR) is 94.2 cm³/mol. The molecule has 2 N–H and O–H groups in total. The standard InChI is InChI=1S/C19H19N3O4/c1-14-5-4-7-16(11-14)25-10-9-18(23)21-22-19(24)13-26-17-8-3-2-6-15(17)12-20/h2-8,11H,9-10,13H2,1H3,(H,21,23)(H,22,24). The Balaban J connectivity index is 1.65. The largest absolute Gasteiger partial charge is 0.493 e. The maximum absolute atomic E-state index is 11.7. The summed E-state index contributed by atoms with van der Waals surface area (Å²) in [4.78, 5) is 23.4. The lowest BCUT2D eigenvalue weighted by Gasteiger charge is -2.10. The van der Waals surface area contributed by atoms with Crippen molar-refractivity contribution in [3.63, 3.8) is 0 Å². The highest BCUT2D eigenvalue weighted by atomic mass is 16.5. The first-order chi connectivity index (χ1) is 12.6. The van der Waals surface area contributed by atoms with Gasteiger partial charge in [-0.2, -0.15) is 5.26 Å². The van der Waals surface area contributed by atoms with Crippen LogP contribution in [0.5, 0.6) is 11.5 Å². The number of carbonyl (C=O) groups is 2. The Morgan fingerprint density at radius 1 is 1.04 bits per heavy atom. The molecule has 0 aliphatic heterocycles. The van der Waals surface area contributed by atoms with Crippen LogP contribution < -0.4 is 20.3 Å². The molecule has 0 saturated heterocycles. The predicted octanol–water partition coefficient (Wildman–Crippen LogP) is 1.86. The first kappa shape index (κ1) is 18.8. The monoisotopic (exact) mass is 353 g/mol. The third-order valence-electron chi connectivity index (χ3n) is 3.30. The fourth-order valence-electron chi connectivity index (χ4n) is 2.03. The lowest BCUT2D eigenvalue weighted by molar-refractivity contribution is -0.130. The molecule has 2 amide bonds. The van der Waals surface area contributed by atoms with E-state index in [0.29, 0.717) is 17.1 Å². The summed E-state index contributed by atoms with van der Waals surface area (Å²) in [6.45, 7) is 1.82. The molecular weight excluding hydrogens is 334 g/mol. The van der Waals surface area contributed by atoms with E-state index in [2.05, 4.69) is 10.9 Å². The first-order valence-corrected chi connectivity index (χ1v) is 7.97. The maximum atomic E-state index is 11.7. The summed E-state index contributed by atoms with van der Waals surface area (Å²) in [5, 5.41) is 8.94. The Kier molecular flexibility index (Phi) is 7.01. The highest BCUT2D eigenvalue weighted by molar-refractivity contribution is 5.82. The van der Waals surface area contributed by atoms with E-state index in [4.69, 9.17) is 14.7 Å². The summed E-state index contributed by atoms with van der Waals surface area (Å²) in [6, 6.07) is 16.0. The van der Waals surface area contributed by atoms with Crippen molar-refractivity contribution < 1.29 is 19.1 Å². The Morgan fingerprint density at radius 3 is 2.58 bits per heavy atom. The number of benzene rings is 2. The second-order valence-corrected chi connectivity index (χ2v) is 5.41. The van der Waals surface area contributed by atoms with E-state index in [1.807, 2.05) is 37.3 Å². The van der Waals surface area contributed by atoms with E-state index >= 15 is 0 Å². The van der Waals surface area contributed by atoms with Crippen molar-refractivity contribution >= 4 is 11.8 Å². The quantitative estimate of drug-likeness (QED) is 0.740. The summed E-state index contributed by atoms with van der Waals surface area (Å²) in [5.41, 5.74) is 5.93. The zero-order valence-corrected chi connectivity index (χ0v) is 14.3. The van der Waals surface area contributed by atoms with Crippen molar-refractivity contribution in [1.82, 2.24) is 10.9 Å². The van der Waals surface area contributed by atoms with Gasteiger partial charge >= 0.3 is 0 Å². The molecule has 0 heterocycles. The fourth-order valence-corrected chi connectivity index (χ4v) is 2.03. The van der Waals surface area contributed by atoms with Crippen molar-refractivity contribution in [3.8, 4) is 17.6 Å². The van der Waals surface area contributed by atoms with Crippen molar-refractivity contribution in [1.29, 1.82) is 5.26 Å². The van der Waals surface area contributed by atoms with Crippen LogP contribution in [0.1, 0.15) is 17.5 Å². The molecule has 0 spiro atoms. The lowest BCUT2D eigenvalue weighted by Crippen LogP contribution is -2.44. The Morgan fingerprint density at radius 2 is 1.81 bits per heavy atom. The van der Waals surface area contributed by atoms with Gasteiger partial charge in [0, 0.05) is 0 Å². The molecule has 134 valence electrons. The van der Waals surface area contributed by atoms with Gasteiger partial charge in [0.1, 0.15) is 17.6 Å². The van der Waals surface area contributed by atoms with Crippen LogP contribution in [-0.2, 0) is 9.59 Å². The van der Waals surface area contributed by atoms with Gasteiger partial charge in [0.15, 0.2) is 6.61 Å². The lowest BCUT2D eigenvalue weighted by atomic mass is 10.2. The molecule has 0 atom stereocenters. The van der Waals surface area contributed by atoms with Crippen molar-refractivity contribution in [2.24, 2.45) is 0 Å². The molecule has 26 heavy (non-hydrogen) atoms. The van der Waals surface area contributed by atoms with E-state index in [0.717, 1.165) is 5.56 Å². The average molecular weight is 353 g/mol. The van der Waals surface area contributed by atoms with Crippen LogP contribution in [0.2, 0.25) is 0 Å². The van der Waals surface area contributed by atoms with Crippen LogP contribution in [0.25, 0.3) is 0 Å². The minimum Gasteiger partial charge on any atom is -0.493 e. The van der Waals surface area contributed by atoms with Crippen LogP contribution >= 0.6 is 0 Å². The molecule has 0 aliphatic rings. The van der Waals surface area contributed by atoms with Gasteiger partial charge in [0.05, 0.1) is 18.6 Å². The number of para-hydroxylation sites is 1. The molecule has 0 aromatic heterocycles. The normalized spacial score (nSPS) is 9.69. The Bertz CT molecular complexity index is 814. The van der Waals surface area contributed by atoms with Crippen molar-refractivity contribution in [2.45, 2.75) is 13.3 Å². The molecule has 0 saturated carbocycles. The highest BCUT2D eigenvalue weighted by Gasteiger charge is 2.08. The topological polar surface area (TPSA) is 100 Å². The molecule has 2 aromatic rings. The molecule has 7 nitrogen and oxygen atoms in total. The molecule has 0 radical (unpaired) electrons. The van der Waals surface area contributed by atoms with Crippen molar-refractivity contribution in [2.75, 3.05) is 13.2 Å². The van der Waals surface area contributed by atoms with Crippen LogP contribution in [0, 0.1) is 18.3 Å². The van der Waals surface area contributed by atoms with Gasteiger partial charge in [0.25, 0.3) is 5.91 Å². The number of hydrazine groups is 1. The summed E-state index contributed by atoms with van der Waals surface area (Å²) in [7, 11) is 0. The third-order valence-corrected chi connectivity index (χ3v) is 3.30. The molecule has 0 bridgehead atoms. The highest BCUT2D eigenvalue weighted by Crippen LogP contribution is 2.16. The van der Waals surface area contributed by atoms with E-state index in [9.17, 15) is 9.59 Å². The van der Waals surface area contributed by atoms with E-state index in [-0.39, 0.29) is 25.5 Å². The van der Waals surface area contributed by atoms with E-state index in [1.54, 1.807) is 24.3 Å². The number of nitrogens with one attached hydrogen (secondary N) is 2. The van der Waals surface area contributed by atoms with Crippen LogP contribution in [0.15, 0.2) is 48.5 Å². The average Bonchev–Trinajstić information content (AvgIpc) is 2.65. The number of aryl methyl sites for hydroxylation is 1. The van der Waals surface area contributed by atoms with Gasteiger partial charge in [-0.05, 0) is 36.8 Å². The number of carbonyl (C=O) groups excluding carboxylic acids is 2. The second kappa shape index (κ2) is 9.69. The van der Waals surface area contributed by atoms with Gasteiger partial charge in [-0.25, -0.2) is 0 Å². The Labute approximate surface area is 151 Å². The molecule has 2 aromatic carbocycles. The van der Waals surface area contributed by atoms with Crippen molar-refractivity contribution in [3.05, 3.63) is 59.7 Å². The Hall–Kier alpha value is -3.53. The summed E-state index contributed by atoms with van der Waals surface area (Å²) in [5.74, 6) is 0.0727. The fraction of sp³-hybridized carbons (Fsp3) is 0.211. The minimum atomic E-state index is -0.536. The van der Waals surface area contributed by atoms with Gasteiger partial charge in [-0.3, -0.25) is 20.4 Å². The molecule has 0 fully saturated rings. The molecule has 0 unspecified atom stereocenters. The number of nitrogens with zero attached hydrogens (tertiary/aromatic N) is 1. The number of ether oxygens (including phenoxy) is 2. The van der Waals surface area contributed by atoms with Gasteiger partial charge in [0.2, 0.25) is 5.91 Å². The van der Waals surface area contributed by atoms with Crippen LogP contribution in [0.3, 0.4) is 0 Å². The number of amides is 2. The molecule has 0 aliphatic carbocycles. The van der Waals surface area contributed by atoms with Gasteiger partial charge < -0.3 is 9.47 Å². The van der Waals surface area contributed by atoms with Gasteiger partial charge in [-0.15, -0.1) is 0 Å². The summed E-state index contributed by atoms with van der Waals surface area (Å²) < 4.78 is 10.7. The molecular formula is C19H19N3O4. The minimum absolute atomic E-state index is 0.0896.